The molecule has 0 fully saturated rings. The van der Waals surface area contributed by atoms with Crippen molar-refractivity contribution in [3.8, 4) is 51.7 Å². The third kappa shape index (κ3) is 18.6. The molecule has 0 aromatic heterocycles. The van der Waals surface area contributed by atoms with E-state index in [1.54, 1.807) is 0 Å². The maximum atomic E-state index is 6.96. The monoisotopic (exact) mass is 912 g/mol. The fraction of sp³-hybridized carbons (Fsp3) is 0.667. The average Bonchev–Trinajstić information content (AvgIpc) is 3.29. The lowest BCUT2D eigenvalue weighted by molar-refractivity contribution is 0.265. The Morgan fingerprint density at radius 3 is 0.562 bits per heavy atom. The van der Waals surface area contributed by atoms with Crippen molar-refractivity contribution in [2.45, 2.75) is 193 Å². The molecule has 362 valence electrons. The van der Waals surface area contributed by atoms with Crippen LogP contribution in [0.1, 0.15) is 178 Å². The van der Waals surface area contributed by atoms with Gasteiger partial charge >= 0.3 is 0 Å². The maximum Gasteiger partial charge on any atom is 0.250 e. The molecule has 0 bridgehead atoms. The van der Waals surface area contributed by atoms with Crippen LogP contribution < -0.4 is 42.6 Å². The summed E-state index contributed by atoms with van der Waals surface area (Å²) >= 11 is 0. The van der Waals surface area contributed by atoms with E-state index in [-0.39, 0.29) is 0 Å². The van der Waals surface area contributed by atoms with Crippen LogP contribution in [0.2, 0.25) is 0 Å². The molecule has 0 saturated heterocycles. The van der Waals surface area contributed by atoms with E-state index < -0.39 is 10.9 Å². The summed E-state index contributed by atoms with van der Waals surface area (Å²) in [5.41, 5.74) is 0. The molecular weight excluding hydrogens is 825 g/mol. The lowest BCUT2D eigenvalue weighted by Crippen LogP contribution is -2.18. The molecule has 0 spiro atoms. The normalized spacial score (nSPS) is 11.2. The molecule has 3 aromatic rings. The minimum absolute atomic E-state index is 0.529. The topological polar surface area (TPSA) is 83.1 Å². The molecule has 0 atom stereocenters. The van der Waals surface area contributed by atoms with Crippen molar-refractivity contribution >= 4 is 10.9 Å². The number of hydrogen-bond donors (Lipinski definition) is 0. The molecule has 3 aromatic carbocycles. The summed E-state index contributed by atoms with van der Waals surface area (Å²) < 4.78 is 61.2. The number of unbranched alkanes of at least 4 members (excludes halogenated alkanes) is 9. The number of benzene rings is 3. The second-order valence-corrected chi connectivity index (χ2v) is 18.2. The Bertz CT molecular complexity index is 1390. The number of hydrogen-bond acceptors (Lipinski definition) is 9. The largest absolute Gasteiger partial charge is 0.493 e. The first-order valence-electron chi connectivity index (χ1n) is 25.4. The van der Waals surface area contributed by atoms with E-state index in [2.05, 4.69) is 98.7 Å². The lowest BCUT2D eigenvalue weighted by Gasteiger charge is -2.24. The van der Waals surface area contributed by atoms with E-state index in [4.69, 9.17) is 42.6 Å². The quantitative estimate of drug-likeness (QED) is 0.0410. The highest BCUT2D eigenvalue weighted by Crippen LogP contribution is 2.56. The standard InChI is InChI=1S/C54H87O9S/c1-10-19-28-55-43-37-46(58-31-22-13-4)52(47(38-43)59-32-23-14-5)64(53-48(60-33-24-15-6)39-44(56-29-20-11-2)40-49(53)61-34-25-16-7)54-50(62-35-26-17-8)41-45(57-30-21-12-3)42-51(54)63-36-27-18-9/h37-42H,10-36H2,1-9H3/q+1. The fourth-order valence-electron chi connectivity index (χ4n) is 6.42. The van der Waals surface area contributed by atoms with E-state index in [1.807, 2.05) is 0 Å². The van der Waals surface area contributed by atoms with Crippen molar-refractivity contribution in [1.29, 1.82) is 0 Å². The highest BCUT2D eigenvalue weighted by molar-refractivity contribution is 7.97. The zero-order valence-corrected chi connectivity index (χ0v) is 42.5. The van der Waals surface area contributed by atoms with Crippen LogP contribution in [0.5, 0.6) is 51.7 Å². The fourth-order valence-corrected chi connectivity index (χ4v) is 8.95. The second kappa shape index (κ2) is 33.7. The van der Waals surface area contributed by atoms with Gasteiger partial charge in [0.15, 0.2) is 34.5 Å². The molecule has 0 N–H and O–H groups in total. The van der Waals surface area contributed by atoms with Gasteiger partial charge in [0.1, 0.15) is 28.1 Å². The molecule has 0 radical (unpaired) electrons. The van der Waals surface area contributed by atoms with Gasteiger partial charge in [0.05, 0.1) is 59.5 Å². The van der Waals surface area contributed by atoms with Gasteiger partial charge in [0, 0.05) is 36.4 Å². The van der Waals surface area contributed by atoms with Crippen molar-refractivity contribution in [3.63, 3.8) is 0 Å². The van der Waals surface area contributed by atoms with E-state index in [0.29, 0.717) is 94.0 Å². The third-order valence-electron chi connectivity index (χ3n) is 10.4. The van der Waals surface area contributed by atoms with E-state index in [0.717, 1.165) is 148 Å². The molecule has 0 aliphatic heterocycles. The van der Waals surface area contributed by atoms with E-state index in [9.17, 15) is 0 Å². The first-order chi connectivity index (χ1) is 31.4. The number of rotatable bonds is 39. The zero-order chi connectivity index (χ0) is 46.2. The van der Waals surface area contributed by atoms with Gasteiger partial charge in [-0.05, 0) is 57.8 Å². The van der Waals surface area contributed by atoms with Gasteiger partial charge in [0.2, 0.25) is 0 Å². The van der Waals surface area contributed by atoms with Crippen molar-refractivity contribution in [2.75, 3.05) is 59.5 Å². The summed E-state index contributed by atoms with van der Waals surface area (Å²) in [6.45, 7) is 24.6. The van der Waals surface area contributed by atoms with Crippen LogP contribution in [-0.4, -0.2) is 59.5 Å². The van der Waals surface area contributed by atoms with Crippen LogP contribution in [0, 0.1) is 0 Å². The molecule has 0 aliphatic carbocycles. The van der Waals surface area contributed by atoms with Crippen LogP contribution >= 0.6 is 0 Å². The molecule has 64 heavy (non-hydrogen) atoms. The highest BCUT2D eigenvalue weighted by Gasteiger charge is 2.47. The minimum Gasteiger partial charge on any atom is -0.493 e. The molecule has 10 heteroatoms. The Balaban J connectivity index is 2.71. The van der Waals surface area contributed by atoms with Crippen LogP contribution in [-0.2, 0) is 10.9 Å². The first-order valence-corrected chi connectivity index (χ1v) is 26.6. The van der Waals surface area contributed by atoms with Gasteiger partial charge in [-0.2, -0.15) is 0 Å². The summed E-state index contributed by atoms with van der Waals surface area (Å²) in [5, 5.41) is 0. The van der Waals surface area contributed by atoms with Crippen LogP contribution in [0.15, 0.2) is 51.1 Å². The van der Waals surface area contributed by atoms with Crippen LogP contribution in [0.4, 0.5) is 0 Å². The SMILES string of the molecule is CCCCOc1cc(OCCCC)c([S+](c2c(OCCCC)cc(OCCCC)cc2OCCCC)c2c(OCCCC)cc(OCCCC)cc2OCCCC)c(OCCCC)c1. The van der Waals surface area contributed by atoms with Crippen molar-refractivity contribution < 1.29 is 42.6 Å². The van der Waals surface area contributed by atoms with Gasteiger partial charge in [0.25, 0.3) is 14.7 Å². The Hall–Kier alpha value is -3.79. The van der Waals surface area contributed by atoms with Crippen molar-refractivity contribution in [1.82, 2.24) is 0 Å². The Morgan fingerprint density at radius 1 is 0.250 bits per heavy atom. The molecule has 9 nitrogen and oxygen atoms in total. The molecule has 0 amide bonds. The molecule has 0 aliphatic rings. The predicted octanol–water partition coefficient (Wildman–Crippen LogP) is 15.4. The maximum absolute atomic E-state index is 6.96. The van der Waals surface area contributed by atoms with Gasteiger partial charge in [-0.25, -0.2) is 0 Å². The Morgan fingerprint density at radius 2 is 0.406 bits per heavy atom. The first kappa shape index (κ1) is 54.5. The zero-order valence-electron chi connectivity index (χ0n) is 41.6. The summed E-state index contributed by atoms with van der Waals surface area (Å²) in [5.74, 6) is 6.33. The van der Waals surface area contributed by atoms with Crippen LogP contribution in [0.25, 0.3) is 0 Å². The van der Waals surface area contributed by atoms with Crippen LogP contribution in [0.3, 0.4) is 0 Å². The second-order valence-electron chi connectivity index (χ2n) is 16.4. The summed E-state index contributed by atoms with van der Waals surface area (Å²) in [4.78, 5) is 2.61. The molecule has 0 saturated carbocycles. The van der Waals surface area contributed by atoms with Gasteiger partial charge in [-0.1, -0.05) is 120 Å². The summed E-state index contributed by atoms with van der Waals surface area (Å²) in [6, 6.07) is 12.3. The molecular formula is C54H87O9S+. The van der Waals surface area contributed by atoms with E-state index in [1.165, 1.54) is 0 Å². The van der Waals surface area contributed by atoms with Gasteiger partial charge in [-0.15, -0.1) is 0 Å². The molecule has 0 unspecified atom stereocenters. The van der Waals surface area contributed by atoms with Gasteiger partial charge < -0.3 is 42.6 Å². The predicted molar refractivity (Wildman–Crippen MR) is 265 cm³/mol. The molecule has 3 rings (SSSR count). The van der Waals surface area contributed by atoms with Crippen molar-refractivity contribution in [2.24, 2.45) is 0 Å². The Labute approximate surface area is 392 Å². The molecule has 0 heterocycles. The van der Waals surface area contributed by atoms with E-state index >= 15 is 0 Å². The van der Waals surface area contributed by atoms with Gasteiger partial charge in [-0.3, -0.25) is 0 Å². The lowest BCUT2D eigenvalue weighted by atomic mass is 10.2. The highest BCUT2D eigenvalue weighted by atomic mass is 32.2. The minimum atomic E-state index is -1.08. The Kier molecular flexibility index (Phi) is 28.7. The third-order valence-corrected chi connectivity index (χ3v) is 12.9. The summed E-state index contributed by atoms with van der Waals surface area (Å²) in [7, 11) is -1.08. The van der Waals surface area contributed by atoms with Crippen molar-refractivity contribution in [3.05, 3.63) is 36.4 Å². The summed E-state index contributed by atoms with van der Waals surface area (Å²) in [6.07, 6.45) is 17.2. The number of ether oxygens (including phenoxy) is 9. The average molecular weight is 912 g/mol. The smallest absolute Gasteiger partial charge is 0.250 e.